The minimum atomic E-state index is -4.84. The van der Waals surface area contributed by atoms with E-state index in [0.29, 0.717) is 23.1 Å². The van der Waals surface area contributed by atoms with E-state index in [-0.39, 0.29) is 5.56 Å². The van der Waals surface area contributed by atoms with E-state index >= 15 is 0 Å². The van der Waals surface area contributed by atoms with Crippen molar-refractivity contribution in [1.82, 2.24) is 4.57 Å². The Labute approximate surface area is 102 Å². The quantitative estimate of drug-likeness (QED) is 0.750. The summed E-state index contributed by atoms with van der Waals surface area (Å²) >= 11 is 0. The van der Waals surface area contributed by atoms with Gasteiger partial charge in [0.15, 0.2) is 0 Å². The van der Waals surface area contributed by atoms with Crippen molar-refractivity contribution in [2.45, 2.75) is 26.6 Å². The van der Waals surface area contributed by atoms with Crippen LogP contribution in [-0.2, 0) is 6.54 Å². The fourth-order valence-corrected chi connectivity index (χ4v) is 2.27. The molecule has 1 aromatic heterocycles. The first-order valence-electron chi connectivity index (χ1n) is 5.57. The number of aryl methyl sites for hydroxylation is 1. The number of fused-ring (bicyclic) bond motifs is 1. The standard InChI is InChI=1S/C13H12F3NO/c1-3-17-8(2)11(12(18)13(14,15)16)9-6-4-5-7-10(9)17/h4-7H,3H2,1-2H3. The third-order valence-electron chi connectivity index (χ3n) is 3.03. The van der Waals surface area contributed by atoms with E-state index in [0.717, 1.165) is 0 Å². The predicted molar refractivity (Wildman–Crippen MR) is 62.7 cm³/mol. The van der Waals surface area contributed by atoms with Gasteiger partial charge >= 0.3 is 6.18 Å². The van der Waals surface area contributed by atoms with Crippen LogP contribution in [0.3, 0.4) is 0 Å². The zero-order valence-electron chi connectivity index (χ0n) is 10.0. The van der Waals surface area contributed by atoms with Gasteiger partial charge in [-0.3, -0.25) is 4.79 Å². The number of halogens is 3. The van der Waals surface area contributed by atoms with Crippen LogP contribution >= 0.6 is 0 Å². The van der Waals surface area contributed by atoms with Crippen molar-refractivity contribution in [2.24, 2.45) is 0 Å². The molecule has 96 valence electrons. The third-order valence-corrected chi connectivity index (χ3v) is 3.03. The number of benzene rings is 1. The molecule has 0 saturated heterocycles. The smallest absolute Gasteiger partial charge is 0.344 e. The summed E-state index contributed by atoms with van der Waals surface area (Å²) in [4.78, 5) is 11.5. The van der Waals surface area contributed by atoms with E-state index < -0.39 is 12.0 Å². The summed E-state index contributed by atoms with van der Waals surface area (Å²) in [6, 6.07) is 6.65. The Hall–Kier alpha value is -1.78. The molecule has 1 aromatic carbocycles. The SMILES string of the molecule is CCn1c(C)c(C(=O)C(F)(F)F)c2ccccc21. The maximum absolute atomic E-state index is 12.6. The second-order valence-corrected chi connectivity index (χ2v) is 4.05. The number of hydrogen-bond acceptors (Lipinski definition) is 1. The molecule has 0 fully saturated rings. The molecule has 1 heterocycles. The molecule has 0 radical (unpaired) electrons. The molecule has 0 bridgehead atoms. The van der Waals surface area contributed by atoms with E-state index in [1.54, 1.807) is 35.8 Å². The Bertz CT molecular complexity index is 610. The van der Waals surface area contributed by atoms with E-state index in [1.165, 1.54) is 0 Å². The molecular weight excluding hydrogens is 243 g/mol. The molecule has 0 spiro atoms. The van der Waals surface area contributed by atoms with Crippen LogP contribution in [0.5, 0.6) is 0 Å². The summed E-state index contributed by atoms with van der Waals surface area (Å²) in [6.45, 7) is 3.90. The average Bonchev–Trinajstić information content (AvgIpc) is 2.58. The third kappa shape index (κ3) is 1.79. The van der Waals surface area contributed by atoms with Crippen molar-refractivity contribution in [3.63, 3.8) is 0 Å². The van der Waals surface area contributed by atoms with Crippen LogP contribution in [0.1, 0.15) is 23.0 Å². The molecule has 0 saturated carbocycles. The first-order chi connectivity index (χ1) is 8.38. The predicted octanol–water partition coefficient (Wildman–Crippen LogP) is 3.71. The Morgan fingerprint density at radius 2 is 1.89 bits per heavy atom. The van der Waals surface area contributed by atoms with Gasteiger partial charge in [-0.05, 0) is 19.9 Å². The number of para-hydroxylation sites is 1. The molecule has 0 amide bonds. The molecule has 0 atom stereocenters. The van der Waals surface area contributed by atoms with Gasteiger partial charge in [0.05, 0.1) is 5.56 Å². The van der Waals surface area contributed by atoms with Crippen molar-refractivity contribution in [3.8, 4) is 0 Å². The van der Waals surface area contributed by atoms with Crippen molar-refractivity contribution in [3.05, 3.63) is 35.5 Å². The molecule has 2 rings (SSSR count). The zero-order chi connectivity index (χ0) is 13.5. The topological polar surface area (TPSA) is 22.0 Å². The first kappa shape index (κ1) is 12.7. The van der Waals surface area contributed by atoms with Gasteiger partial charge in [-0.15, -0.1) is 0 Å². The van der Waals surface area contributed by atoms with Crippen molar-refractivity contribution in [1.29, 1.82) is 0 Å². The van der Waals surface area contributed by atoms with Crippen LogP contribution in [0.2, 0.25) is 0 Å². The lowest BCUT2D eigenvalue weighted by atomic mass is 10.1. The van der Waals surface area contributed by atoms with Crippen LogP contribution < -0.4 is 0 Å². The maximum Gasteiger partial charge on any atom is 0.454 e. The first-order valence-corrected chi connectivity index (χ1v) is 5.57. The summed E-state index contributed by atoms with van der Waals surface area (Å²) in [6.07, 6.45) is -4.84. The van der Waals surface area contributed by atoms with Crippen LogP contribution in [-0.4, -0.2) is 16.5 Å². The summed E-state index contributed by atoms with van der Waals surface area (Å²) < 4.78 is 39.5. The average molecular weight is 255 g/mol. The van der Waals surface area contributed by atoms with Crippen molar-refractivity contribution >= 4 is 16.7 Å². The lowest BCUT2D eigenvalue weighted by Gasteiger charge is -2.06. The highest BCUT2D eigenvalue weighted by Crippen LogP contribution is 2.31. The maximum atomic E-state index is 12.6. The molecule has 2 nitrogen and oxygen atoms in total. The minimum Gasteiger partial charge on any atom is -0.344 e. The lowest BCUT2D eigenvalue weighted by Crippen LogP contribution is -2.23. The van der Waals surface area contributed by atoms with Gasteiger partial charge < -0.3 is 4.57 Å². The Balaban J connectivity index is 2.79. The van der Waals surface area contributed by atoms with E-state index in [1.807, 2.05) is 6.92 Å². The van der Waals surface area contributed by atoms with Crippen molar-refractivity contribution < 1.29 is 18.0 Å². The summed E-state index contributed by atoms with van der Waals surface area (Å²) in [5.41, 5.74) is 0.783. The fourth-order valence-electron chi connectivity index (χ4n) is 2.27. The second kappa shape index (κ2) is 4.15. The lowest BCUT2D eigenvalue weighted by molar-refractivity contribution is -0.0884. The number of nitrogens with zero attached hydrogens (tertiary/aromatic N) is 1. The van der Waals surface area contributed by atoms with Gasteiger partial charge in [-0.1, -0.05) is 18.2 Å². The molecular formula is C13H12F3NO. The molecule has 18 heavy (non-hydrogen) atoms. The molecule has 0 aliphatic heterocycles. The number of rotatable bonds is 2. The second-order valence-electron chi connectivity index (χ2n) is 4.05. The Morgan fingerprint density at radius 1 is 1.28 bits per heavy atom. The van der Waals surface area contributed by atoms with E-state index in [2.05, 4.69) is 0 Å². The van der Waals surface area contributed by atoms with Crippen LogP contribution in [0.25, 0.3) is 10.9 Å². The number of carbonyl (C=O) groups is 1. The monoisotopic (exact) mass is 255 g/mol. The van der Waals surface area contributed by atoms with Gasteiger partial charge in [0.25, 0.3) is 5.78 Å². The number of Topliss-reactive ketones (excluding diaryl/α,β-unsaturated/α-hetero) is 1. The highest BCUT2D eigenvalue weighted by atomic mass is 19.4. The normalized spacial score (nSPS) is 12.1. The zero-order valence-corrected chi connectivity index (χ0v) is 10.0. The highest BCUT2D eigenvalue weighted by Gasteiger charge is 2.41. The van der Waals surface area contributed by atoms with Crippen LogP contribution in [0.15, 0.2) is 24.3 Å². The minimum absolute atomic E-state index is 0.236. The van der Waals surface area contributed by atoms with E-state index in [4.69, 9.17) is 0 Å². The number of ketones is 1. The summed E-state index contributed by atoms with van der Waals surface area (Å²) in [5, 5.41) is 0.360. The number of carbonyl (C=O) groups excluding carboxylic acids is 1. The van der Waals surface area contributed by atoms with Crippen molar-refractivity contribution in [2.75, 3.05) is 0 Å². The summed E-state index contributed by atoms with van der Waals surface area (Å²) in [7, 11) is 0. The highest BCUT2D eigenvalue weighted by molar-refractivity contribution is 6.11. The van der Waals surface area contributed by atoms with E-state index in [9.17, 15) is 18.0 Å². The van der Waals surface area contributed by atoms with Crippen LogP contribution in [0, 0.1) is 6.92 Å². The van der Waals surface area contributed by atoms with Gasteiger partial charge in [0, 0.05) is 23.1 Å². The number of hydrogen-bond donors (Lipinski definition) is 0. The molecule has 0 N–H and O–H groups in total. The number of alkyl halides is 3. The Morgan fingerprint density at radius 3 is 2.44 bits per heavy atom. The molecule has 0 aliphatic carbocycles. The van der Waals surface area contributed by atoms with Gasteiger partial charge in [0.1, 0.15) is 0 Å². The summed E-state index contributed by atoms with van der Waals surface area (Å²) in [5.74, 6) is -1.77. The van der Waals surface area contributed by atoms with Gasteiger partial charge in [-0.25, -0.2) is 0 Å². The molecule has 0 aliphatic rings. The molecule has 0 unspecified atom stereocenters. The Kier molecular flexibility index (Phi) is 2.92. The fraction of sp³-hybridized carbons (Fsp3) is 0.308. The number of aromatic nitrogens is 1. The largest absolute Gasteiger partial charge is 0.454 e. The van der Waals surface area contributed by atoms with Gasteiger partial charge in [-0.2, -0.15) is 13.2 Å². The molecule has 5 heteroatoms. The van der Waals surface area contributed by atoms with Gasteiger partial charge in [0.2, 0.25) is 0 Å². The van der Waals surface area contributed by atoms with Crippen LogP contribution in [0.4, 0.5) is 13.2 Å². The molecule has 2 aromatic rings.